The number of aromatic nitrogens is 1. The molecule has 2 rings (SSSR count). The molecule has 0 fully saturated rings. The first-order valence-electron chi connectivity index (χ1n) is 5.27. The quantitative estimate of drug-likeness (QED) is 0.901. The average molecular weight is 249 g/mol. The minimum absolute atomic E-state index is 0.636. The SMILES string of the molecule is COc1ccc(Cl)cc1NCc1ccccn1. The number of hydrogen-bond donors (Lipinski definition) is 1. The molecule has 4 heteroatoms. The molecule has 0 unspecified atom stereocenters. The predicted octanol–water partition coefficient (Wildman–Crippen LogP) is 3.36. The summed E-state index contributed by atoms with van der Waals surface area (Å²) in [6.07, 6.45) is 1.77. The maximum Gasteiger partial charge on any atom is 0.142 e. The lowest BCUT2D eigenvalue weighted by Crippen LogP contribution is -2.02. The van der Waals surface area contributed by atoms with Crippen LogP contribution in [-0.4, -0.2) is 12.1 Å². The third kappa shape index (κ3) is 3.11. The normalized spacial score (nSPS) is 10.0. The molecule has 0 saturated carbocycles. The van der Waals surface area contributed by atoms with Crippen LogP contribution in [0.1, 0.15) is 5.69 Å². The van der Waals surface area contributed by atoms with Crippen molar-refractivity contribution >= 4 is 17.3 Å². The van der Waals surface area contributed by atoms with Gasteiger partial charge in [-0.05, 0) is 30.3 Å². The van der Waals surface area contributed by atoms with Gasteiger partial charge in [-0.1, -0.05) is 17.7 Å². The number of hydrogen-bond acceptors (Lipinski definition) is 3. The summed E-state index contributed by atoms with van der Waals surface area (Å²) in [6, 6.07) is 11.3. The standard InChI is InChI=1S/C13H13ClN2O/c1-17-13-6-5-10(14)8-12(13)16-9-11-4-2-3-7-15-11/h2-8,16H,9H2,1H3. The number of anilines is 1. The molecule has 0 aliphatic heterocycles. The number of methoxy groups -OCH3 is 1. The van der Waals surface area contributed by atoms with Crippen LogP contribution in [0.3, 0.4) is 0 Å². The first-order chi connectivity index (χ1) is 8.29. The number of benzene rings is 1. The molecule has 17 heavy (non-hydrogen) atoms. The van der Waals surface area contributed by atoms with Crippen LogP contribution < -0.4 is 10.1 Å². The number of nitrogens with one attached hydrogen (secondary N) is 1. The van der Waals surface area contributed by atoms with Crippen molar-refractivity contribution in [3.05, 3.63) is 53.3 Å². The summed E-state index contributed by atoms with van der Waals surface area (Å²) < 4.78 is 5.25. The summed E-state index contributed by atoms with van der Waals surface area (Å²) in [5.41, 5.74) is 1.83. The Morgan fingerprint density at radius 2 is 2.18 bits per heavy atom. The summed E-state index contributed by atoms with van der Waals surface area (Å²) in [7, 11) is 1.63. The Morgan fingerprint density at radius 1 is 1.29 bits per heavy atom. The van der Waals surface area contributed by atoms with Crippen molar-refractivity contribution in [2.24, 2.45) is 0 Å². The van der Waals surface area contributed by atoms with E-state index in [2.05, 4.69) is 10.3 Å². The molecule has 0 radical (unpaired) electrons. The van der Waals surface area contributed by atoms with Crippen LogP contribution in [0.4, 0.5) is 5.69 Å². The van der Waals surface area contributed by atoms with E-state index in [-0.39, 0.29) is 0 Å². The highest BCUT2D eigenvalue weighted by Gasteiger charge is 2.03. The Kier molecular flexibility index (Phi) is 3.83. The van der Waals surface area contributed by atoms with Gasteiger partial charge in [0.2, 0.25) is 0 Å². The Balaban J connectivity index is 2.11. The molecule has 1 aromatic heterocycles. The largest absolute Gasteiger partial charge is 0.495 e. The number of ether oxygens (including phenoxy) is 1. The molecule has 1 aromatic carbocycles. The second-order valence-electron chi connectivity index (χ2n) is 3.52. The number of rotatable bonds is 4. The molecule has 0 atom stereocenters. The van der Waals surface area contributed by atoms with Crippen molar-refractivity contribution in [2.75, 3.05) is 12.4 Å². The molecule has 0 aliphatic carbocycles. The molecule has 0 aliphatic rings. The lowest BCUT2D eigenvalue weighted by molar-refractivity contribution is 0.416. The zero-order valence-corrected chi connectivity index (χ0v) is 10.2. The summed E-state index contributed by atoms with van der Waals surface area (Å²) in [5, 5.41) is 3.92. The van der Waals surface area contributed by atoms with E-state index in [1.54, 1.807) is 19.4 Å². The number of nitrogens with zero attached hydrogens (tertiary/aromatic N) is 1. The molecule has 3 nitrogen and oxygen atoms in total. The highest BCUT2D eigenvalue weighted by atomic mass is 35.5. The molecule has 0 spiro atoms. The Bertz CT molecular complexity index is 488. The summed E-state index contributed by atoms with van der Waals surface area (Å²) in [4.78, 5) is 4.24. The first kappa shape index (κ1) is 11.7. The van der Waals surface area contributed by atoms with E-state index >= 15 is 0 Å². The maximum atomic E-state index is 5.94. The second-order valence-corrected chi connectivity index (χ2v) is 3.96. The van der Waals surface area contributed by atoms with Crippen molar-refractivity contribution in [1.29, 1.82) is 0 Å². The van der Waals surface area contributed by atoms with Gasteiger partial charge in [-0.25, -0.2) is 0 Å². The Hall–Kier alpha value is -1.74. The van der Waals surface area contributed by atoms with Gasteiger partial charge in [-0.15, -0.1) is 0 Å². The summed E-state index contributed by atoms with van der Waals surface area (Å²) in [5.74, 6) is 0.769. The molecule has 88 valence electrons. The highest BCUT2D eigenvalue weighted by Crippen LogP contribution is 2.27. The fraction of sp³-hybridized carbons (Fsp3) is 0.154. The lowest BCUT2D eigenvalue weighted by atomic mass is 10.2. The first-order valence-corrected chi connectivity index (χ1v) is 5.64. The van der Waals surface area contributed by atoms with Gasteiger partial charge in [0.25, 0.3) is 0 Å². The molecule has 0 bridgehead atoms. The second kappa shape index (κ2) is 5.55. The molecule has 2 aromatic rings. The van der Waals surface area contributed by atoms with Crippen LogP contribution in [0.5, 0.6) is 5.75 Å². The van der Waals surface area contributed by atoms with Gasteiger partial charge >= 0.3 is 0 Å². The van der Waals surface area contributed by atoms with Crippen molar-refractivity contribution in [3.63, 3.8) is 0 Å². The smallest absolute Gasteiger partial charge is 0.142 e. The van der Waals surface area contributed by atoms with Crippen molar-refractivity contribution in [1.82, 2.24) is 4.98 Å². The van der Waals surface area contributed by atoms with Crippen LogP contribution in [0, 0.1) is 0 Å². The van der Waals surface area contributed by atoms with Gasteiger partial charge < -0.3 is 10.1 Å². The molecule has 1 heterocycles. The third-order valence-electron chi connectivity index (χ3n) is 2.35. The molecule has 0 saturated heterocycles. The summed E-state index contributed by atoms with van der Waals surface area (Å²) in [6.45, 7) is 0.636. The fourth-order valence-corrected chi connectivity index (χ4v) is 1.68. The maximum absolute atomic E-state index is 5.94. The molecular formula is C13H13ClN2O. The predicted molar refractivity (Wildman–Crippen MR) is 69.6 cm³/mol. The van der Waals surface area contributed by atoms with Crippen molar-refractivity contribution in [3.8, 4) is 5.75 Å². The van der Waals surface area contributed by atoms with E-state index in [0.29, 0.717) is 11.6 Å². The van der Waals surface area contributed by atoms with Crippen LogP contribution in [-0.2, 0) is 6.54 Å². The van der Waals surface area contributed by atoms with Crippen LogP contribution >= 0.6 is 11.6 Å². The number of halogens is 1. The van der Waals surface area contributed by atoms with Gasteiger partial charge in [0, 0.05) is 11.2 Å². The van der Waals surface area contributed by atoms with Gasteiger partial charge in [0.05, 0.1) is 25.0 Å². The minimum atomic E-state index is 0.636. The van der Waals surface area contributed by atoms with E-state index in [9.17, 15) is 0 Å². The van der Waals surface area contributed by atoms with Gasteiger partial charge in [0.15, 0.2) is 0 Å². The zero-order chi connectivity index (χ0) is 12.1. The monoisotopic (exact) mass is 248 g/mol. The van der Waals surface area contributed by atoms with Crippen LogP contribution in [0.15, 0.2) is 42.6 Å². The molecule has 0 amide bonds. The average Bonchev–Trinajstić information content (AvgIpc) is 2.38. The van der Waals surface area contributed by atoms with Gasteiger partial charge in [-0.3, -0.25) is 4.98 Å². The van der Waals surface area contributed by atoms with Gasteiger partial charge in [0.1, 0.15) is 5.75 Å². The minimum Gasteiger partial charge on any atom is -0.495 e. The number of pyridine rings is 1. The van der Waals surface area contributed by atoms with Crippen molar-refractivity contribution < 1.29 is 4.74 Å². The lowest BCUT2D eigenvalue weighted by Gasteiger charge is -2.11. The van der Waals surface area contributed by atoms with Gasteiger partial charge in [-0.2, -0.15) is 0 Å². The zero-order valence-electron chi connectivity index (χ0n) is 9.48. The van der Waals surface area contributed by atoms with Crippen LogP contribution in [0.2, 0.25) is 5.02 Å². The van der Waals surface area contributed by atoms with E-state index in [4.69, 9.17) is 16.3 Å². The van der Waals surface area contributed by atoms with E-state index in [1.807, 2.05) is 30.3 Å². The Labute approximate surface area is 105 Å². The molecule has 1 N–H and O–H groups in total. The fourth-order valence-electron chi connectivity index (χ4n) is 1.51. The van der Waals surface area contributed by atoms with E-state index in [1.165, 1.54) is 0 Å². The topological polar surface area (TPSA) is 34.1 Å². The molecular weight excluding hydrogens is 236 g/mol. The van der Waals surface area contributed by atoms with E-state index in [0.717, 1.165) is 17.1 Å². The third-order valence-corrected chi connectivity index (χ3v) is 2.58. The van der Waals surface area contributed by atoms with Crippen molar-refractivity contribution in [2.45, 2.75) is 6.54 Å². The van der Waals surface area contributed by atoms with E-state index < -0.39 is 0 Å². The summed E-state index contributed by atoms with van der Waals surface area (Å²) >= 11 is 5.94. The Morgan fingerprint density at radius 3 is 2.88 bits per heavy atom. The highest BCUT2D eigenvalue weighted by molar-refractivity contribution is 6.30. The van der Waals surface area contributed by atoms with Crippen LogP contribution in [0.25, 0.3) is 0 Å².